The van der Waals surface area contributed by atoms with Crippen molar-refractivity contribution in [1.29, 1.82) is 0 Å². The highest BCUT2D eigenvalue weighted by atomic mass is 32.2. The fourth-order valence-electron chi connectivity index (χ4n) is 4.24. The third kappa shape index (κ3) is 14.8. The molecule has 36 heavy (non-hydrogen) atoms. The van der Waals surface area contributed by atoms with E-state index in [1.54, 1.807) is 20.8 Å². The van der Waals surface area contributed by atoms with Crippen LogP contribution >= 0.6 is 0 Å². The number of nitrogens with one attached hydrogen (secondary N) is 1. The fourth-order valence-corrected chi connectivity index (χ4v) is 5.49. The SMILES string of the molecule is CCCCCCCCCCCCCCCCCCNc1ccc(S(=O)(=O)OC(C)(C)C)cc1[N+](=O)[O-]. The Balaban J connectivity index is 2.19. The molecule has 0 aromatic heterocycles. The van der Waals surface area contributed by atoms with Crippen molar-refractivity contribution in [3.05, 3.63) is 28.3 Å². The maximum Gasteiger partial charge on any atom is 0.297 e. The van der Waals surface area contributed by atoms with Gasteiger partial charge in [-0.2, -0.15) is 8.42 Å². The summed E-state index contributed by atoms with van der Waals surface area (Å²) in [5.74, 6) is 0. The summed E-state index contributed by atoms with van der Waals surface area (Å²) in [7, 11) is -4.08. The number of hydrogen-bond acceptors (Lipinski definition) is 6. The molecular formula is C28H50N2O5S. The van der Waals surface area contributed by atoms with Crippen molar-refractivity contribution in [3.8, 4) is 0 Å². The quantitative estimate of drug-likeness (QED) is 0.0744. The van der Waals surface area contributed by atoms with Crippen LogP contribution in [0.25, 0.3) is 0 Å². The van der Waals surface area contributed by atoms with Crippen LogP contribution in [0.4, 0.5) is 11.4 Å². The monoisotopic (exact) mass is 526 g/mol. The molecule has 1 N–H and O–H groups in total. The molecule has 8 heteroatoms. The zero-order chi connectivity index (χ0) is 26.9. The molecule has 208 valence electrons. The fraction of sp³-hybridized carbons (Fsp3) is 0.786. The molecule has 0 fully saturated rings. The molecule has 0 amide bonds. The lowest BCUT2D eigenvalue weighted by molar-refractivity contribution is -0.384. The van der Waals surface area contributed by atoms with E-state index < -0.39 is 20.6 Å². The molecule has 0 radical (unpaired) electrons. The number of benzene rings is 1. The van der Waals surface area contributed by atoms with Gasteiger partial charge in [-0.15, -0.1) is 0 Å². The molecule has 0 bridgehead atoms. The highest BCUT2D eigenvalue weighted by Gasteiger charge is 2.27. The van der Waals surface area contributed by atoms with Crippen LogP contribution < -0.4 is 5.32 Å². The Bertz CT molecular complexity index is 850. The third-order valence-corrected chi connectivity index (χ3v) is 7.71. The molecular weight excluding hydrogens is 476 g/mol. The lowest BCUT2D eigenvalue weighted by Gasteiger charge is -2.19. The van der Waals surface area contributed by atoms with Gasteiger partial charge in [0, 0.05) is 12.6 Å². The van der Waals surface area contributed by atoms with Crippen LogP contribution in [-0.4, -0.2) is 25.5 Å². The van der Waals surface area contributed by atoms with E-state index in [0.717, 1.165) is 18.9 Å². The number of nitro benzene ring substituents is 1. The van der Waals surface area contributed by atoms with Gasteiger partial charge in [0.2, 0.25) is 0 Å². The Kier molecular flexibility index (Phi) is 15.9. The van der Waals surface area contributed by atoms with Crippen molar-refractivity contribution in [2.24, 2.45) is 0 Å². The van der Waals surface area contributed by atoms with Crippen LogP contribution in [-0.2, 0) is 14.3 Å². The minimum Gasteiger partial charge on any atom is -0.379 e. The van der Waals surface area contributed by atoms with Gasteiger partial charge in [0.25, 0.3) is 15.8 Å². The van der Waals surface area contributed by atoms with Gasteiger partial charge in [0.05, 0.1) is 10.5 Å². The minimum absolute atomic E-state index is 0.211. The molecule has 0 saturated carbocycles. The number of rotatable bonds is 21. The van der Waals surface area contributed by atoms with Gasteiger partial charge < -0.3 is 5.32 Å². The van der Waals surface area contributed by atoms with Crippen molar-refractivity contribution >= 4 is 21.5 Å². The van der Waals surface area contributed by atoms with Crippen molar-refractivity contribution in [2.75, 3.05) is 11.9 Å². The van der Waals surface area contributed by atoms with E-state index in [9.17, 15) is 18.5 Å². The zero-order valence-corrected chi connectivity index (χ0v) is 24.0. The molecule has 7 nitrogen and oxygen atoms in total. The van der Waals surface area contributed by atoms with E-state index in [1.165, 1.54) is 102 Å². The van der Waals surface area contributed by atoms with Crippen LogP contribution in [0.15, 0.2) is 23.1 Å². The first kappa shape index (κ1) is 32.4. The van der Waals surface area contributed by atoms with E-state index in [4.69, 9.17) is 4.18 Å². The normalized spacial score (nSPS) is 12.1. The summed E-state index contributed by atoms with van der Waals surface area (Å²) < 4.78 is 29.9. The van der Waals surface area contributed by atoms with Gasteiger partial charge in [-0.25, -0.2) is 0 Å². The van der Waals surface area contributed by atoms with Gasteiger partial charge in [-0.05, 0) is 39.3 Å². The summed E-state index contributed by atoms with van der Waals surface area (Å²) in [6, 6.07) is 3.87. The number of hydrogen-bond donors (Lipinski definition) is 1. The van der Waals surface area contributed by atoms with Crippen LogP contribution in [0.5, 0.6) is 0 Å². The highest BCUT2D eigenvalue weighted by Crippen LogP contribution is 2.30. The van der Waals surface area contributed by atoms with Gasteiger partial charge in [-0.3, -0.25) is 14.3 Å². The Hall–Kier alpha value is -1.67. The van der Waals surface area contributed by atoms with Crippen LogP contribution in [0.2, 0.25) is 0 Å². The lowest BCUT2D eigenvalue weighted by Crippen LogP contribution is -2.24. The molecule has 0 heterocycles. The summed E-state index contributed by atoms with van der Waals surface area (Å²) in [4.78, 5) is 10.7. The number of anilines is 1. The van der Waals surface area contributed by atoms with Crippen LogP contribution in [0.3, 0.4) is 0 Å². The molecule has 1 rings (SSSR count). The van der Waals surface area contributed by atoms with Crippen molar-refractivity contribution in [2.45, 2.75) is 141 Å². The molecule has 0 aliphatic carbocycles. The first-order chi connectivity index (χ1) is 17.1. The molecule has 1 aromatic carbocycles. The van der Waals surface area contributed by atoms with Crippen LogP contribution in [0, 0.1) is 10.1 Å². The van der Waals surface area contributed by atoms with E-state index >= 15 is 0 Å². The second-order valence-electron chi connectivity index (χ2n) is 10.8. The first-order valence-electron chi connectivity index (χ1n) is 14.0. The predicted molar refractivity (Wildman–Crippen MR) is 149 cm³/mol. The molecule has 0 spiro atoms. The number of unbranched alkanes of at least 4 members (excludes halogenated alkanes) is 15. The summed E-state index contributed by atoms with van der Waals surface area (Å²) in [5, 5.41) is 14.6. The maximum absolute atomic E-state index is 12.4. The smallest absolute Gasteiger partial charge is 0.297 e. The highest BCUT2D eigenvalue weighted by molar-refractivity contribution is 7.86. The maximum atomic E-state index is 12.4. The molecule has 1 aromatic rings. The van der Waals surface area contributed by atoms with Crippen molar-refractivity contribution in [3.63, 3.8) is 0 Å². The second-order valence-corrected chi connectivity index (χ2v) is 12.4. The molecule has 0 atom stereocenters. The number of nitro groups is 1. The van der Waals surface area contributed by atoms with Gasteiger partial charge in [0.15, 0.2) is 0 Å². The first-order valence-corrected chi connectivity index (χ1v) is 15.5. The Morgan fingerprint density at radius 3 is 1.67 bits per heavy atom. The average Bonchev–Trinajstić information content (AvgIpc) is 2.79. The Labute approximate surface area is 220 Å². The van der Waals surface area contributed by atoms with E-state index in [0.29, 0.717) is 12.2 Å². The van der Waals surface area contributed by atoms with Crippen LogP contribution in [0.1, 0.15) is 130 Å². The topological polar surface area (TPSA) is 98.5 Å². The van der Waals surface area contributed by atoms with E-state index in [2.05, 4.69) is 12.2 Å². The molecule has 0 unspecified atom stereocenters. The third-order valence-electron chi connectivity index (χ3n) is 6.16. The second kappa shape index (κ2) is 17.7. The summed E-state index contributed by atoms with van der Waals surface area (Å²) >= 11 is 0. The van der Waals surface area contributed by atoms with Gasteiger partial charge >= 0.3 is 0 Å². The van der Waals surface area contributed by atoms with E-state index in [-0.39, 0.29) is 10.6 Å². The summed E-state index contributed by atoms with van der Waals surface area (Å²) in [6.45, 7) is 7.73. The van der Waals surface area contributed by atoms with Crippen molar-refractivity contribution < 1.29 is 17.5 Å². The zero-order valence-electron chi connectivity index (χ0n) is 23.1. The van der Waals surface area contributed by atoms with E-state index in [1.807, 2.05) is 0 Å². The lowest BCUT2D eigenvalue weighted by atomic mass is 10.0. The van der Waals surface area contributed by atoms with Gasteiger partial charge in [-0.1, -0.05) is 103 Å². The molecule has 0 saturated heterocycles. The summed E-state index contributed by atoms with van der Waals surface area (Å²) in [6.07, 6.45) is 20.8. The molecule has 0 aliphatic heterocycles. The van der Waals surface area contributed by atoms with Crippen molar-refractivity contribution in [1.82, 2.24) is 0 Å². The largest absolute Gasteiger partial charge is 0.379 e. The Morgan fingerprint density at radius 1 is 0.806 bits per heavy atom. The average molecular weight is 527 g/mol. The summed E-state index contributed by atoms with van der Waals surface area (Å²) in [5.41, 5.74) is -0.849. The standard InChI is InChI=1S/C28H50N2O5S/c1-5-6-7-8-9-10-11-12-13-14-15-16-17-18-19-20-23-29-26-22-21-25(24-27(26)30(31)32)36(33,34)35-28(2,3)4/h21-22,24,29H,5-20,23H2,1-4H3. The molecule has 0 aliphatic rings. The van der Waals surface area contributed by atoms with Gasteiger partial charge in [0.1, 0.15) is 10.6 Å². The number of nitrogens with zero attached hydrogens (tertiary/aromatic N) is 1. The Morgan fingerprint density at radius 2 is 1.25 bits per heavy atom. The predicted octanol–water partition coefficient (Wildman–Crippen LogP) is 8.77. The minimum atomic E-state index is -4.08.